The van der Waals surface area contributed by atoms with Gasteiger partial charge in [-0.05, 0) is 11.1 Å². The van der Waals surface area contributed by atoms with Crippen LogP contribution in [0.1, 0.15) is 12.8 Å². The van der Waals surface area contributed by atoms with Crippen molar-refractivity contribution >= 4 is 36.2 Å². The monoisotopic (exact) mass is 377 g/mol. The zero-order chi connectivity index (χ0) is 19.1. The molecule has 0 radical (unpaired) electrons. The molecule has 1 atom stereocenters. The number of rotatable bonds is 8. The third kappa shape index (κ3) is 3.64. The predicted octanol–water partition coefficient (Wildman–Crippen LogP) is 3.47. The maximum Gasteiger partial charge on any atom is 0.320 e. The number of aliphatic carboxylic acids is 2. The van der Waals surface area contributed by atoms with Gasteiger partial charge < -0.3 is 15.9 Å². The Morgan fingerprint density at radius 1 is 0.826 bits per heavy atom. The highest BCUT2D eigenvalue weighted by atomic mass is 28.4. The van der Waals surface area contributed by atoms with Crippen molar-refractivity contribution in [1.29, 1.82) is 0 Å². The van der Waals surface area contributed by atoms with E-state index in [1.165, 1.54) is 0 Å². The first-order valence-corrected chi connectivity index (χ1v) is 18.6. The molecule has 0 aromatic carbocycles. The molecule has 0 spiro atoms. The summed E-state index contributed by atoms with van der Waals surface area (Å²) in [6.07, 6.45) is 0.339. The maximum absolute atomic E-state index is 12.5. The number of hydrogen-bond acceptors (Lipinski definition) is 3. The predicted molar refractivity (Wildman–Crippen MR) is 104 cm³/mol. The number of carboxylic acids is 2. The summed E-state index contributed by atoms with van der Waals surface area (Å²) < 4.78 is -0.596. The van der Waals surface area contributed by atoms with E-state index in [1.54, 1.807) is 0 Å². The number of carboxylic acid groups (broad SMARTS) is 2. The second kappa shape index (κ2) is 6.45. The minimum absolute atomic E-state index is 0.0226. The number of carbonyl (C=O) groups is 2. The molecule has 0 aromatic heterocycles. The Morgan fingerprint density at radius 2 is 1.17 bits per heavy atom. The van der Waals surface area contributed by atoms with Gasteiger partial charge in [0.1, 0.15) is 5.16 Å². The topological polar surface area (TPSA) is 101 Å². The van der Waals surface area contributed by atoms with Crippen molar-refractivity contribution in [3.05, 3.63) is 0 Å². The van der Waals surface area contributed by atoms with Crippen LogP contribution in [-0.2, 0) is 9.59 Å². The zero-order valence-corrected chi connectivity index (χ0v) is 19.2. The highest BCUT2D eigenvalue weighted by Gasteiger charge is 2.69. The van der Waals surface area contributed by atoms with E-state index in [2.05, 4.69) is 39.3 Å². The summed E-state index contributed by atoms with van der Waals surface area (Å²) in [6.45, 7) is 18.9. The van der Waals surface area contributed by atoms with E-state index in [9.17, 15) is 19.8 Å². The van der Waals surface area contributed by atoms with Crippen LogP contribution in [0.25, 0.3) is 0 Å². The molecule has 1 unspecified atom stereocenters. The molecule has 0 aliphatic rings. The van der Waals surface area contributed by atoms with Crippen LogP contribution in [0.15, 0.2) is 0 Å². The van der Waals surface area contributed by atoms with Crippen LogP contribution in [0.2, 0.25) is 63.6 Å². The van der Waals surface area contributed by atoms with E-state index in [-0.39, 0.29) is 6.42 Å². The third-order valence-electron chi connectivity index (χ3n) is 5.47. The van der Waals surface area contributed by atoms with Crippen molar-refractivity contribution in [2.75, 3.05) is 0 Å². The summed E-state index contributed by atoms with van der Waals surface area (Å²) in [7, 11) is -6.59. The Balaban J connectivity index is 6.87. The molecule has 0 aromatic rings. The van der Waals surface area contributed by atoms with Crippen molar-refractivity contribution in [3.63, 3.8) is 0 Å². The first kappa shape index (κ1) is 22.6. The van der Waals surface area contributed by atoms with E-state index in [4.69, 9.17) is 5.73 Å². The molecule has 136 valence electrons. The molecule has 0 heterocycles. The van der Waals surface area contributed by atoms with Crippen molar-refractivity contribution < 1.29 is 19.8 Å². The Morgan fingerprint density at radius 3 is 1.35 bits per heavy atom. The molecule has 0 amide bonds. The van der Waals surface area contributed by atoms with Crippen LogP contribution in [0, 0.1) is 0 Å². The largest absolute Gasteiger partial charge is 0.481 e. The Labute approximate surface area is 143 Å². The smallest absolute Gasteiger partial charge is 0.320 e. The molecule has 0 saturated heterocycles. The van der Waals surface area contributed by atoms with E-state index >= 15 is 0 Å². The van der Waals surface area contributed by atoms with Crippen molar-refractivity contribution in [2.45, 2.75) is 81.6 Å². The van der Waals surface area contributed by atoms with Crippen LogP contribution in [0.3, 0.4) is 0 Å². The van der Waals surface area contributed by atoms with Gasteiger partial charge in [-0.1, -0.05) is 58.9 Å². The van der Waals surface area contributed by atoms with Gasteiger partial charge in [0.25, 0.3) is 0 Å². The molecule has 8 heteroatoms. The second-order valence-electron chi connectivity index (χ2n) is 9.66. The highest BCUT2D eigenvalue weighted by Crippen LogP contribution is 2.59. The number of nitrogens with two attached hydrogens (primary N) is 1. The lowest BCUT2D eigenvalue weighted by atomic mass is 10.1. The van der Waals surface area contributed by atoms with Crippen LogP contribution in [0.5, 0.6) is 0 Å². The molecule has 0 aliphatic heterocycles. The van der Waals surface area contributed by atoms with Crippen LogP contribution in [-0.4, -0.2) is 51.5 Å². The molecule has 0 fully saturated rings. The molecule has 4 N–H and O–H groups in total. The van der Waals surface area contributed by atoms with E-state index in [0.29, 0.717) is 6.42 Å². The van der Waals surface area contributed by atoms with Crippen LogP contribution in [0.4, 0.5) is 0 Å². The molecule has 0 rings (SSSR count). The van der Waals surface area contributed by atoms with Crippen molar-refractivity contribution in [1.82, 2.24) is 0 Å². The Hall–Kier alpha value is -0.449. The van der Waals surface area contributed by atoms with E-state index < -0.39 is 46.0 Å². The summed E-state index contributed by atoms with van der Waals surface area (Å²) in [5.74, 6) is -1.83. The lowest BCUT2D eigenvalue weighted by Crippen LogP contribution is -2.80. The normalized spacial score (nSPS) is 16.8. The molecule has 0 aliphatic carbocycles. The van der Waals surface area contributed by atoms with Gasteiger partial charge in [0.15, 0.2) is 0 Å². The van der Waals surface area contributed by atoms with E-state index in [1.807, 2.05) is 19.6 Å². The van der Waals surface area contributed by atoms with Gasteiger partial charge in [0.05, 0.1) is 24.2 Å². The van der Waals surface area contributed by atoms with Gasteiger partial charge in [-0.15, -0.1) is 0 Å². The van der Waals surface area contributed by atoms with Gasteiger partial charge in [-0.2, -0.15) is 0 Å². The minimum atomic E-state index is -2.35. The SMILES string of the molecule is C[Si](C)(C)C(N)(C(=O)O)C(CCC(=O)O)([Si](C)(C)C)[Si](C)(C)C. The standard InChI is InChI=1S/C15H35NO4Si3/c1-21(2,3)14(22(4,5)6,11-10-12(17)18)15(16,13(19)20)23(7,8)9/h10-11,16H2,1-9H3,(H,17,18)(H,19,20). The van der Waals surface area contributed by atoms with Crippen molar-refractivity contribution in [3.8, 4) is 0 Å². The fourth-order valence-electron chi connectivity index (χ4n) is 4.69. The quantitative estimate of drug-likeness (QED) is 0.562. The molecule has 23 heavy (non-hydrogen) atoms. The summed E-state index contributed by atoms with van der Waals surface area (Å²) in [5, 5.41) is 18.1. The first-order chi connectivity index (χ1) is 9.86. The van der Waals surface area contributed by atoms with Gasteiger partial charge in [-0.25, -0.2) is 0 Å². The van der Waals surface area contributed by atoms with Gasteiger partial charge in [0, 0.05) is 6.42 Å². The van der Waals surface area contributed by atoms with E-state index in [0.717, 1.165) is 0 Å². The fourth-order valence-corrected chi connectivity index (χ4v) is 24.6. The average Bonchev–Trinajstić information content (AvgIpc) is 2.22. The lowest BCUT2D eigenvalue weighted by molar-refractivity contribution is -0.142. The third-order valence-corrected chi connectivity index (χ3v) is 19.9. The Bertz CT molecular complexity index is 461. The lowest BCUT2D eigenvalue weighted by Gasteiger charge is -2.63. The van der Waals surface area contributed by atoms with Crippen LogP contribution >= 0.6 is 0 Å². The van der Waals surface area contributed by atoms with Crippen LogP contribution < -0.4 is 5.73 Å². The minimum Gasteiger partial charge on any atom is -0.481 e. The van der Waals surface area contributed by atoms with Crippen molar-refractivity contribution in [2.24, 2.45) is 5.73 Å². The second-order valence-corrected chi connectivity index (χ2v) is 26.2. The van der Waals surface area contributed by atoms with Gasteiger partial charge in [0.2, 0.25) is 0 Å². The summed E-state index contributed by atoms with van der Waals surface area (Å²) in [6, 6.07) is 0. The van der Waals surface area contributed by atoms with Gasteiger partial charge in [-0.3, -0.25) is 9.59 Å². The molecule has 5 nitrogen and oxygen atoms in total. The molecular formula is C15H35NO4Si3. The number of hydrogen-bond donors (Lipinski definition) is 3. The highest BCUT2D eigenvalue weighted by molar-refractivity contribution is 7.02. The first-order valence-electron chi connectivity index (χ1n) is 8.10. The molecular weight excluding hydrogens is 342 g/mol. The molecule has 0 saturated carbocycles. The maximum atomic E-state index is 12.5. The average molecular weight is 378 g/mol. The Kier molecular flexibility index (Phi) is 6.33. The summed E-state index contributed by atoms with van der Waals surface area (Å²) >= 11 is 0. The summed E-state index contributed by atoms with van der Waals surface area (Å²) in [5.41, 5.74) is 6.79. The molecule has 0 bridgehead atoms. The summed E-state index contributed by atoms with van der Waals surface area (Å²) in [4.78, 5) is 23.8. The fraction of sp³-hybridized carbons (Fsp3) is 0.867. The zero-order valence-electron chi connectivity index (χ0n) is 16.2. The van der Waals surface area contributed by atoms with Gasteiger partial charge >= 0.3 is 11.9 Å².